The number of nitrogens with one attached hydrogen (secondary N) is 2. The van der Waals surface area contributed by atoms with E-state index in [1.165, 1.54) is 24.6 Å². The highest BCUT2D eigenvalue weighted by atomic mass is 16.6. The molecule has 2 rings (SSSR count). The summed E-state index contributed by atoms with van der Waals surface area (Å²) in [5.74, 6) is -1.56. The zero-order valence-corrected chi connectivity index (χ0v) is 12.1. The molecule has 0 radical (unpaired) electrons. The first kappa shape index (κ1) is 16.7. The number of phenolic OH excluding ortho intramolecular Hbond substituents is 1. The predicted molar refractivity (Wildman–Crippen MR) is 81.5 cm³/mol. The third-order valence-electron chi connectivity index (χ3n) is 2.75. The molecule has 10 heteroatoms. The monoisotopic (exact) mass is 332 g/mol. The molecule has 0 unspecified atom stereocenters. The first-order valence-electron chi connectivity index (χ1n) is 6.58. The van der Waals surface area contributed by atoms with Crippen LogP contribution >= 0.6 is 0 Å². The van der Waals surface area contributed by atoms with Crippen LogP contribution in [0.15, 0.2) is 46.1 Å². The van der Waals surface area contributed by atoms with Crippen molar-refractivity contribution in [2.45, 2.75) is 0 Å². The molecule has 0 bridgehead atoms. The third kappa shape index (κ3) is 4.40. The summed E-state index contributed by atoms with van der Waals surface area (Å²) in [6.45, 7) is -0.317. The van der Waals surface area contributed by atoms with Crippen LogP contribution < -0.4 is 10.7 Å². The van der Waals surface area contributed by atoms with Crippen molar-refractivity contribution >= 4 is 23.7 Å². The largest absolute Gasteiger partial charge is 0.502 e. The van der Waals surface area contributed by atoms with Gasteiger partial charge in [-0.3, -0.25) is 19.7 Å². The number of hydrogen-bond acceptors (Lipinski definition) is 7. The molecular formula is C14H12N4O6. The van der Waals surface area contributed by atoms with Gasteiger partial charge in [-0.05, 0) is 29.8 Å². The average Bonchev–Trinajstić information content (AvgIpc) is 3.07. The minimum Gasteiger partial charge on any atom is -0.502 e. The van der Waals surface area contributed by atoms with Gasteiger partial charge in [-0.1, -0.05) is 0 Å². The Balaban J connectivity index is 1.83. The van der Waals surface area contributed by atoms with Crippen LogP contribution in [0.3, 0.4) is 0 Å². The summed E-state index contributed by atoms with van der Waals surface area (Å²) in [5.41, 5.74) is 2.07. The molecule has 0 atom stereocenters. The Hall–Kier alpha value is -3.69. The van der Waals surface area contributed by atoms with Crippen LogP contribution in [-0.4, -0.2) is 34.6 Å². The average molecular weight is 332 g/mol. The number of nitrogens with zero attached hydrogens (tertiary/aromatic N) is 2. The fraction of sp³-hybridized carbons (Fsp3) is 0.0714. The fourth-order valence-electron chi connectivity index (χ4n) is 1.65. The van der Waals surface area contributed by atoms with Gasteiger partial charge in [0, 0.05) is 6.07 Å². The molecule has 24 heavy (non-hydrogen) atoms. The van der Waals surface area contributed by atoms with Gasteiger partial charge in [-0.2, -0.15) is 5.10 Å². The molecule has 0 saturated heterocycles. The number of nitro groups is 1. The van der Waals surface area contributed by atoms with Crippen molar-refractivity contribution in [2.75, 3.05) is 6.54 Å². The number of rotatable bonds is 6. The van der Waals surface area contributed by atoms with Gasteiger partial charge in [0.2, 0.25) is 0 Å². The number of furan rings is 1. The number of nitro benzene ring substituents is 1. The molecule has 1 heterocycles. The van der Waals surface area contributed by atoms with Gasteiger partial charge in [0.15, 0.2) is 11.5 Å². The molecule has 0 fully saturated rings. The minimum absolute atomic E-state index is 0.0765. The Morgan fingerprint density at radius 1 is 1.38 bits per heavy atom. The van der Waals surface area contributed by atoms with E-state index in [0.717, 1.165) is 12.1 Å². The standard InChI is InChI=1S/C14H12N4O6/c19-11-6-9(3-4-10(11)18(22)23)7-16-17-13(20)8-15-14(21)12-2-1-5-24-12/h1-7,19H,8H2,(H,15,21)(H,17,20)/b16-7+. The molecule has 2 amide bonds. The van der Waals surface area contributed by atoms with Crippen molar-refractivity contribution in [1.82, 2.24) is 10.7 Å². The van der Waals surface area contributed by atoms with E-state index in [4.69, 9.17) is 4.42 Å². The predicted octanol–water partition coefficient (Wildman–Crippen LogP) is 0.773. The lowest BCUT2D eigenvalue weighted by Crippen LogP contribution is -2.34. The number of amides is 2. The van der Waals surface area contributed by atoms with E-state index in [1.54, 1.807) is 6.07 Å². The smallest absolute Gasteiger partial charge is 0.310 e. The summed E-state index contributed by atoms with van der Waals surface area (Å²) in [7, 11) is 0. The van der Waals surface area contributed by atoms with E-state index >= 15 is 0 Å². The lowest BCUT2D eigenvalue weighted by molar-refractivity contribution is -0.385. The Morgan fingerprint density at radius 2 is 2.17 bits per heavy atom. The van der Waals surface area contributed by atoms with Crippen LogP contribution in [0.25, 0.3) is 0 Å². The topological polar surface area (TPSA) is 147 Å². The Bertz CT molecular complexity index is 785. The van der Waals surface area contributed by atoms with Crippen LogP contribution in [0.5, 0.6) is 5.75 Å². The van der Waals surface area contributed by atoms with E-state index in [2.05, 4.69) is 15.8 Å². The van der Waals surface area contributed by atoms with E-state index < -0.39 is 28.2 Å². The summed E-state index contributed by atoms with van der Waals surface area (Å²) in [6, 6.07) is 6.59. The minimum atomic E-state index is -0.722. The highest BCUT2D eigenvalue weighted by molar-refractivity contribution is 5.94. The van der Waals surface area contributed by atoms with Crippen LogP contribution in [0.4, 0.5) is 5.69 Å². The van der Waals surface area contributed by atoms with Gasteiger partial charge >= 0.3 is 5.69 Å². The molecule has 0 aliphatic rings. The molecule has 124 valence electrons. The number of benzene rings is 1. The number of hydrazone groups is 1. The Kier molecular flexibility index (Phi) is 5.24. The van der Waals surface area contributed by atoms with Gasteiger partial charge in [0.1, 0.15) is 0 Å². The van der Waals surface area contributed by atoms with E-state index in [1.807, 2.05) is 0 Å². The summed E-state index contributed by atoms with van der Waals surface area (Å²) in [6.07, 6.45) is 2.52. The number of carbonyl (C=O) groups is 2. The molecule has 10 nitrogen and oxygen atoms in total. The van der Waals surface area contributed by atoms with Crippen molar-refractivity contribution in [3.8, 4) is 5.75 Å². The molecule has 1 aromatic heterocycles. The summed E-state index contributed by atoms with van der Waals surface area (Å²) in [4.78, 5) is 32.9. The fourth-order valence-corrected chi connectivity index (χ4v) is 1.65. The van der Waals surface area contributed by atoms with Gasteiger partial charge in [0.05, 0.1) is 23.9 Å². The molecular weight excluding hydrogens is 320 g/mol. The van der Waals surface area contributed by atoms with Crippen LogP contribution in [0.1, 0.15) is 16.1 Å². The van der Waals surface area contributed by atoms with E-state index in [9.17, 15) is 24.8 Å². The molecule has 0 aliphatic carbocycles. The number of phenols is 1. The second-order valence-electron chi connectivity index (χ2n) is 4.46. The SMILES string of the molecule is O=C(CNC(=O)c1ccco1)N/N=C/c1ccc([N+](=O)[O-])c(O)c1. The third-order valence-corrected chi connectivity index (χ3v) is 2.75. The normalized spacial score (nSPS) is 10.5. The summed E-state index contributed by atoms with van der Waals surface area (Å²) in [5, 5.41) is 26.0. The zero-order chi connectivity index (χ0) is 17.5. The molecule has 3 N–H and O–H groups in total. The maximum Gasteiger partial charge on any atom is 0.310 e. The maximum atomic E-state index is 11.5. The molecule has 1 aromatic carbocycles. The quantitative estimate of drug-likeness (QED) is 0.404. The highest BCUT2D eigenvalue weighted by Crippen LogP contribution is 2.25. The van der Waals surface area contributed by atoms with Gasteiger partial charge in [-0.25, -0.2) is 5.43 Å². The number of aromatic hydroxyl groups is 1. The van der Waals surface area contributed by atoms with Crippen molar-refractivity contribution in [1.29, 1.82) is 0 Å². The molecule has 0 spiro atoms. The lowest BCUT2D eigenvalue weighted by Gasteiger charge is -2.02. The van der Waals surface area contributed by atoms with Crippen molar-refractivity contribution in [2.24, 2.45) is 5.10 Å². The van der Waals surface area contributed by atoms with Crippen molar-refractivity contribution < 1.29 is 24.0 Å². The van der Waals surface area contributed by atoms with E-state index in [-0.39, 0.29) is 12.3 Å². The summed E-state index contributed by atoms with van der Waals surface area (Å²) >= 11 is 0. The molecule has 0 aliphatic heterocycles. The summed E-state index contributed by atoms with van der Waals surface area (Å²) < 4.78 is 4.86. The highest BCUT2D eigenvalue weighted by Gasteiger charge is 2.12. The number of carbonyl (C=O) groups excluding carboxylic acids is 2. The van der Waals surface area contributed by atoms with Crippen LogP contribution in [-0.2, 0) is 4.79 Å². The lowest BCUT2D eigenvalue weighted by atomic mass is 10.2. The Morgan fingerprint density at radius 3 is 2.79 bits per heavy atom. The van der Waals surface area contributed by atoms with Gasteiger partial charge in [0.25, 0.3) is 11.8 Å². The number of hydrogen-bond donors (Lipinski definition) is 3. The van der Waals surface area contributed by atoms with Gasteiger partial charge < -0.3 is 14.8 Å². The van der Waals surface area contributed by atoms with Crippen LogP contribution in [0, 0.1) is 10.1 Å². The first-order valence-corrected chi connectivity index (χ1v) is 6.58. The maximum absolute atomic E-state index is 11.5. The molecule has 0 saturated carbocycles. The zero-order valence-electron chi connectivity index (χ0n) is 12.1. The van der Waals surface area contributed by atoms with Crippen molar-refractivity contribution in [3.63, 3.8) is 0 Å². The van der Waals surface area contributed by atoms with Gasteiger partial charge in [-0.15, -0.1) is 0 Å². The van der Waals surface area contributed by atoms with Crippen molar-refractivity contribution in [3.05, 3.63) is 58.0 Å². The second kappa shape index (κ2) is 7.54. The Labute approximate surface area is 134 Å². The second-order valence-corrected chi connectivity index (χ2v) is 4.46. The first-order chi connectivity index (χ1) is 11.5. The van der Waals surface area contributed by atoms with Crippen LogP contribution in [0.2, 0.25) is 0 Å². The molecule has 2 aromatic rings. The van der Waals surface area contributed by atoms with E-state index in [0.29, 0.717) is 5.56 Å².